The van der Waals surface area contributed by atoms with E-state index in [1.165, 1.54) is 24.4 Å². The lowest BCUT2D eigenvalue weighted by molar-refractivity contribution is 0.299. The van der Waals surface area contributed by atoms with Crippen molar-refractivity contribution in [1.82, 2.24) is 4.98 Å². The van der Waals surface area contributed by atoms with E-state index in [0.717, 1.165) is 11.8 Å². The van der Waals surface area contributed by atoms with Gasteiger partial charge in [0.15, 0.2) is 5.82 Å². The summed E-state index contributed by atoms with van der Waals surface area (Å²) in [6, 6.07) is 7.27. The number of anilines is 1. The lowest BCUT2D eigenvalue weighted by Crippen LogP contribution is -2.14. The quantitative estimate of drug-likeness (QED) is 0.877. The Kier molecular flexibility index (Phi) is 4.31. The fourth-order valence-corrected chi connectivity index (χ4v) is 2.69. The smallest absolute Gasteiger partial charge is 0.261 e. The Morgan fingerprint density at radius 2 is 1.90 bits per heavy atom. The van der Waals surface area contributed by atoms with Gasteiger partial charge in [-0.05, 0) is 30.2 Å². The molecule has 0 aliphatic heterocycles. The van der Waals surface area contributed by atoms with Crippen LogP contribution in [0.5, 0.6) is 0 Å². The minimum atomic E-state index is -3.85. The van der Waals surface area contributed by atoms with E-state index in [1.54, 1.807) is 12.1 Å². The molecule has 0 saturated heterocycles. The predicted molar refractivity (Wildman–Crippen MR) is 72.2 cm³/mol. The third-order valence-electron chi connectivity index (χ3n) is 2.65. The number of aliphatic hydroxyl groups is 1. The molecule has 0 aliphatic rings. The van der Waals surface area contributed by atoms with Crippen molar-refractivity contribution in [3.8, 4) is 0 Å². The van der Waals surface area contributed by atoms with Crippen molar-refractivity contribution >= 4 is 15.7 Å². The van der Waals surface area contributed by atoms with E-state index in [-0.39, 0.29) is 17.2 Å². The minimum absolute atomic E-state index is 0.00737. The molecule has 106 valence electrons. The lowest BCUT2D eigenvalue weighted by atomic mass is 10.2. The van der Waals surface area contributed by atoms with Crippen molar-refractivity contribution in [2.75, 3.05) is 11.3 Å². The third kappa shape index (κ3) is 3.31. The number of benzene rings is 1. The fourth-order valence-electron chi connectivity index (χ4n) is 1.63. The van der Waals surface area contributed by atoms with E-state index in [9.17, 15) is 12.8 Å². The van der Waals surface area contributed by atoms with Gasteiger partial charge in [-0.3, -0.25) is 9.71 Å². The van der Waals surface area contributed by atoms with Gasteiger partial charge in [-0.15, -0.1) is 0 Å². The van der Waals surface area contributed by atoms with Crippen LogP contribution in [0.2, 0.25) is 0 Å². The first kappa shape index (κ1) is 14.4. The van der Waals surface area contributed by atoms with Crippen LogP contribution in [-0.4, -0.2) is 25.1 Å². The average Bonchev–Trinajstić information content (AvgIpc) is 2.42. The van der Waals surface area contributed by atoms with Gasteiger partial charge in [0.05, 0.1) is 16.8 Å². The van der Waals surface area contributed by atoms with Gasteiger partial charge in [0, 0.05) is 12.8 Å². The van der Waals surface area contributed by atoms with E-state index in [4.69, 9.17) is 5.11 Å². The van der Waals surface area contributed by atoms with Gasteiger partial charge in [0.2, 0.25) is 0 Å². The molecule has 0 aliphatic carbocycles. The summed E-state index contributed by atoms with van der Waals surface area (Å²) >= 11 is 0. The summed E-state index contributed by atoms with van der Waals surface area (Å²) in [6.07, 6.45) is 2.68. The molecule has 7 heteroatoms. The summed E-state index contributed by atoms with van der Waals surface area (Å²) in [6.45, 7) is -0.00737. The SMILES string of the molecule is O=S(=O)(Nc1ccncc1F)c1ccc(CCO)cc1. The first-order valence-electron chi connectivity index (χ1n) is 5.85. The van der Waals surface area contributed by atoms with Gasteiger partial charge in [0.25, 0.3) is 10.0 Å². The highest BCUT2D eigenvalue weighted by Crippen LogP contribution is 2.18. The van der Waals surface area contributed by atoms with E-state index < -0.39 is 15.8 Å². The molecule has 2 rings (SSSR count). The van der Waals surface area contributed by atoms with Crippen LogP contribution in [-0.2, 0) is 16.4 Å². The Balaban J connectivity index is 2.24. The van der Waals surface area contributed by atoms with Gasteiger partial charge >= 0.3 is 0 Å². The maximum Gasteiger partial charge on any atom is 0.261 e. The molecule has 0 bridgehead atoms. The molecule has 0 amide bonds. The summed E-state index contributed by atoms with van der Waals surface area (Å²) in [5, 5.41) is 8.80. The molecule has 2 N–H and O–H groups in total. The molecule has 0 radical (unpaired) electrons. The standard InChI is InChI=1S/C13H13FN2O3S/c14-12-9-15-7-5-13(12)16-20(18,19)11-3-1-10(2-4-11)6-8-17/h1-5,7,9,17H,6,8H2,(H,15,16). The summed E-state index contributed by atoms with van der Waals surface area (Å²) in [5.41, 5.74) is 0.668. The molecule has 2 aromatic rings. The Bertz CT molecular complexity index is 687. The molecule has 0 unspecified atom stereocenters. The van der Waals surface area contributed by atoms with Crippen molar-refractivity contribution in [3.63, 3.8) is 0 Å². The highest BCUT2D eigenvalue weighted by atomic mass is 32.2. The molecule has 1 aromatic carbocycles. The molecule has 20 heavy (non-hydrogen) atoms. The Hall–Kier alpha value is -1.99. The van der Waals surface area contributed by atoms with Gasteiger partial charge < -0.3 is 5.11 Å². The molecule has 0 saturated carbocycles. The molecule has 1 heterocycles. The highest BCUT2D eigenvalue weighted by molar-refractivity contribution is 7.92. The largest absolute Gasteiger partial charge is 0.396 e. The summed E-state index contributed by atoms with van der Waals surface area (Å²) in [5.74, 6) is -0.743. The molecular formula is C13H13FN2O3S. The first-order chi connectivity index (χ1) is 9.53. The number of nitrogens with zero attached hydrogens (tertiary/aromatic N) is 1. The highest BCUT2D eigenvalue weighted by Gasteiger charge is 2.16. The summed E-state index contributed by atoms with van der Waals surface area (Å²) in [7, 11) is -3.85. The zero-order valence-corrected chi connectivity index (χ0v) is 11.3. The maximum absolute atomic E-state index is 13.4. The lowest BCUT2D eigenvalue weighted by Gasteiger charge is -2.09. The number of nitrogens with one attached hydrogen (secondary N) is 1. The maximum atomic E-state index is 13.4. The van der Waals surface area contributed by atoms with E-state index in [1.807, 2.05) is 0 Å². The second-order valence-corrected chi connectivity index (χ2v) is 5.76. The van der Waals surface area contributed by atoms with E-state index in [0.29, 0.717) is 6.42 Å². The van der Waals surface area contributed by atoms with E-state index in [2.05, 4.69) is 9.71 Å². The van der Waals surface area contributed by atoms with Crippen molar-refractivity contribution in [2.24, 2.45) is 0 Å². The van der Waals surface area contributed by atoms with Crippen LogP contribution in [0.3, 0.4) is 0 Å². The van der Waals surface area contributed by atoms with Crippen LogP contribution in [0.1, 0.15) is 5.56 Å². The minimum Gasteiger partial charge on any atom is -0.396 e. The van der Waals surface area contributed by atoms with Crippen molar-refractivity contribution in [1.29, 1.82) is 0 Å². The molecule has 0 atom stereocenters. The second kappa shape index (κ2) is 5.98. The van der Waals surface area contributed by atoms with Gasteiger partial charge in [-0.1, -0.05) is 12.1 Å². The Labute approximate surface area is 116 Å². The zero-order chi connectivity index (χ0) is 14.6. The second-order valence-electron chi connectivity index (χ2n) is 4.08. The van der Waals surface area contributed by atoms with Gasteiger partial charge in [0.1, 0.15) is 0 Å². The number of aliphatic hydroxyl groups excluding tert-OH is 1. The topological polar surface area (TPSA) is 79.3 Å². The zero-order valence-electron chi connectivity index (χ0n) is 10.5. The van der Waals surface area contributed by atoms with Crippen LogP contribution < -0.4 is 4.72 Å². The molecule has 1 aromatic heterocycles. The number of hydrogen-bond acceptors (Lipinski definition) is 4. The first-order valence-corrected chi connectivity index (χ1v) is 7.33. The number of pyridine rings is 1. The molecule has 0 fully saturated rings. The molecule has 5 nitrogen and oxygen atoms in total. The predicted octanol–water partition coefficient (Wildman–Crippen LogP) is 1.56. The van der Waals surface area contributed by atoms with Gasteiger partial charge in [-0.25, -0.2) is 12.8 Å². The fraction of sp³-hybridized carbons (Fsp3) is 0.154. The van der Waals surface area contributed by atoms with Crippen LogP contribution in [0.25, 0.3) is 0 Å². The van der Waals surface area contributed by atoms with Crippen LogP contribution in [0, 0.1) is 5.82 Å². The number of aromatic nitrogens is 1. The number of sulfonamides is 1. The number of hydrogen-bond donors (Lipinski definition) is 2. The van der Waals surface area contributed by atoms with Crippen LogP contribution in [0.4, 0.5) is 10.1 Å². The normalized spacial score (nSPS) is 11.3. The monoisotopic (exact) mass is 296 g/mol. The number of halogens is 1. The van der Waals surface area contributed by atoms with Crippen molar-refractivity contribution in [2.45, 2.75) is 11.3 Å². The van der Waals surface area contributed by atoms with E-state index >= 15 is 0 Å². The Morgan fingerprint density at radius 1 is 1.20 bits per heavy atom. The van der Waals surface area contributed by atoms with Crippen LogP contribution >= 0.6 is 0 Å². The van der Waals surface area contributed by atoms with Crippen molar-refractivity contribution < 1.29 is 17.9 Å². The summed E-state index contributed by atoms with van der Waals surface area (Å²) in [4.78, 5) is 3.57. The van der Waals surface area contributed by atoms with Crippen LogP contribution in [0.15, 0.2) is 47.6 Å². The Morgan fingerprint density at radius 3 is 2.50 bits per heavy atom. The average molecular weight is 296 g/mol. The third-order valence-corrected chi connectivity index (χ3v) is 4.03. The summed E-state index contributed by atoms with van der Waals surface area (Å²) < 4.78 is 39.7. The van der Waals surface area contributed by atoms with Crippen molar-refractivity contribution in [3.05, 3.63) is 54.1 Å². The molecular weight excluding hydrogens is 283 g/mol. The van der Waals surface area contributed by atoms with Gasteiger partial charge in [-0.2, -0.15) is 0 Å². The number of rotatable bonds is 5. The molecule has 0 spiro atoms.